The van der Waals surface area contributed by atoms with Crippen LogP contribution in [0.1, 0.15) is 35.7 Å². The molecule has 6 heteroatoms. The molecule has 0 spiro atoms. The maximum Gasteiger partial charge on any atom is 0.255 e. The van der Waals surface area contributed by atoms with Gasteiger partial charge in [-0.1, -0.05) is 44.2 Å². The number of nitrogens with zero attached hydrogens (tertiary/aromatic N) is 4. The molecular weight excluding hydrogens is 350 g/mol. The predicted octanol–water partition coefficient (Wildman–Crippen LogP) is 2.90. The van der Waals surface area contributed by atoms with E-state index in [2.05, 4.69) is 36.1 Å². The Hall–Kier alpha value is -2.73. The van der Waals surface area contributed by atoms with Crippen molar-refractivity contribution in [2.24, 2.45) is 17.6 Å². The van der Waals surface area contributed by atoms with E-state index >= 15 is 0 Å². The Kier molecular flexibility index (Phi) is 5.13. The molecule has 4 rings (SSSR count). The minimum Gasteiger partial charge on any atom is -0.338 e. The van der Waals surface area contributed by atoms with Crippen molar-refractivity contribution in [3.05, 3.63) is 59.9 Å². The molecule has 2 aromatic heterocycles. The fraction of sp³-hybridized carbons (Fsp3) is 0.409. The molecule has 0 bridgehead atoms. The monoisotopic (exact) mass is 377 g/mol. The first kappa shape index (κ1) is 18.6. The number of nitrogens with two attached hydrogens (primary N) is 1. The molecule has 1 amide bonds. The Labute approximate surface area is 165 Å². The Balaban J connectivity index is 1.56. The summed E-state index contributed by atoms with van der Waals surface area (Å²) >= 11 is 0. The molecule has 3 aromatic rings. The predicted molar refractivity (Wildman–Crippen MR) is 110 cm³/mol. The van der Waals surface area contributed by atoms with Crippen LogP contribution >= 0.6 is 0 Å². The Morgan fingerprint density at radius 1 is 1.21 bits per heavy atom. The van der Waals surface area contributed by atoms with Crippen molar-refractivity contribution in [3.8, 4) is 0 Å². The van der Waals surface area contributed by atoms with E-state index in [0.29, 0.717) is 31.1 Å². The number of benzene rings is 1. The molecule has 0 saturated carbocycles. The van der Waals surface area contributed by atoms with E-state index in [1.165, 1.54) is 5.56 Å². The van der Waals surface area contributed by atoms with Crippen molar-refractivity contribution in [2.75, 3.05) is 19.6 Å². The lowest BCUT2D eigenvalue weighted by molar-refractivity contribution is 0.0786. The number of aromatic nitrogens is 3. The van der Waals surface area contributed by atoms with Gasteiger partial charge < -0.3 is 10.6 Å². The van der Waals surface area contributed by atoms with Crippen LogP contribution in [-0.4, -0.2) is 45.2 Å². The summed E-state index contributed by atoms with van der Waals surface area (Å²) in [6, 6.07) is 12.2. The zero-order valence-corrected chi connectivity index (χ0v) is 16.5. The van der Waals surface area contributed by atoms with Crippen LogP contribution in [0.25, 0.3) is 11.0 Å². The first-order chi connectivity index (χ1) is 13.6. The lowest BCUT2D eigenvalue weighted by atomic mass is 9.89. The van der Waals surface area contributed by atoms with Crippen molar-refractivity contribution in [2.45, 2.75) is 26.3 Å². The SMILES string of the molecule is CC(C)Cn1ncc2cc(C(=O)N3C[C@@H](CN)[C@H](c4ccccc4)C3)cnc21. The smallest absolute Gasteiger partial charge is 0.255 e. The number of likely N-dealkylation sites (tertiary alicyclic amines) is 1. The second-order valence-corrected chi connectivity index (χ2v) is 8.08. The third-order valence-corrected chi connectivity index (χ3v) is 5.52. The average molecular weight is 377 g/mol. The van der Waals surface area contributed by atoms with E-state index in [4.69, 9.17) is 5.73 Å². The van der Waals surface area contributed by atoms with Gasteiger partial charge in [-0.3, -0.25) is 4.79 Å². The second-order valence-electron chi connectivity index (χ2n) is 8.08. The Morgan fingerprint density at radius 3 is 2.71 bits per heavy atom. The third kappa shape index (κ3) is 3.52. The average Bonchev–Trinajstić information content (AvgIpc) is 3.31. The zero-order valence-electron chi connectivity index (χ0n) is 16.5. The van der Waals surface area contributed by atoms with Crippen LogP contribution in [0.4, 0.5) is 0 Å². The highest BCUT2D eigenvalue weighted by Gasteiger charge is 2.35. The van der Waals surface area contributed by atoms with Gasteiger partial charge in [0, 0.05) is 37.1 Å². The maximum atomic E-state index is 13.1. The summed E-state index contributed by atoms with van der Waals surface area (Å²) in [4.78, 5) is 19.6. The number of fused-ring (bicyclic) bond motifs is 1. The van der Waals surface area contributed by atoms with Crippen LogP contribution in [-0.2, 0) is 6.54 Å². The first-order valence-corrected chi connectivity index (χ1v) is 9.92. The summed E-state index contributed by atoms with van der Waals surface area (Å²) < 4.78 is 1.90. The van der Waals surface area contributed by atoms with Crippen LogP contribution in [0.3, 0.4) is 0 Å². The van der Waals surface area contributed by atoms with Crippen LogP contribution in [0, 0.1) is 11.8 Å². The van der Waals surface area contributed by atoms with E-state index < -0.39 is 0 Å². The molecule has 1 fully saturated rings. The topological polar surface area (TPSA) is 77.0 Å². The first-order valence-electron chi connectivity index (χ1n) is 9.92. The van der Waals surface area contributed by atoms with Crippen molar-refractivity contribution in [1.29, 1.82) is 0 Å². The van der Waals surface area contributed by atoms with Gasteiger partial charge in [0.2, 0.25) is 0 Å². The number of pyridine rings is 1. The largest absolute Gasteiger partial charge is 0.338 e. The number of hydrogen-bond acceptors (Lipinski definition) is 4. The highest BCUT2D eigenvalue weighted by molar-refractivity contribution is 5.97. The molecule has 1 saturated heterocycles. The number of carbonyl (C=O) groups excluding carboxylic acids is 1. The highest BCUT2D eigenvalue weighted by Crippen LogP contribution is 2.33. The maximum absolute atomic E-state index is 13.1. The van der Waals surface area contributed by atoms with Crippen molar-refractivity contribution >= 4 is 16.9 Å². The summed E-state index contributed by atoms with van der Waals surface area (Å²) in [6.07, 6.45) is 3.47. The Morgan fingerprint density at radius 2 is 2.00 bits per heavy atom. The quantitative estimate of drug-likeness (QED) is 0.742. The molecule has 3 heterocycles. The zero-order chi connectivity index (χ0) is 19.7. The number of rotatable bonds is 5. The normalized spacial score (nSPS) is 19.6. The van der Waals surface area contributed by atoms with E-state index in [9.17, 15) is 4.79 Å². The molecule has 28 heavy (non-hydrogen) atoms. The molecule has 0 radical (unpaired) electrons. The molecule has 0 aliphatic carbocycles. The van der Waals surface area contributed by atoms with Crippen molar-refractivity contribution < 1.29 is 4.79 Å². The summed E-state index contributed by atoms with van der Waals surface area (Å²) in [5.41, 5.74) is 8.70. The minimum absolute atomic E-state index is 0.0166. The number of carbonyl (C=O) groups is 1. The third-order valence-electron chi connectivity index (χ3n) is 5.52. The fourth-order valence-corrected chi connectivity index (χ4v) is 4.10. The Bertz CT molecular complexity index is 965. The van der Waals surface area contributed by atoms with Crippen LogP contribution in [0.15, 0.2) is 48.8 Å². The van der Waals surface area contributed by atoms with Gasteiger partial charge >= 0.3 is 0 Å². The van der Waals surface area contributed by atoms with Crippen LogP contribution in [0.5, 0.6) is 0 Å². The van der Waals surface area contributed by atoms with Gasteiger partial charge in [-0.05, 0) is 30.0 Å². The van der Waals surface area contributed by atoms with Crippen molar-refractivity contribution in [1.82, 2.24) is 19.7 Å². The standard InChI is InChI=1S/C22H27N5O/c1-15(2)12-27-21-17(11-25-27)8-18(10-24-21)22(28)26-13-19(9-23)20(14-26)16-6-4-3-5-7-16/h3-8,10-11,15,19-20H,9,12-14,23H2,1-2H3/t19-,20+/m1/s1. The van der Waals surface area contributed by atoms with E-state index in [1.54, 1.807) is 12.4 Å². The van der Waals surface area contributed by atoms with Gasteiger partial charge in [-0.2, -0.15) is 5.10 Å². The molecule has 6 nitrogen and oxygen atoms in total. The minimum atomic E-state index is 0.0166. The molecule has 2 N–H and O–H groups in total. The fourth-order valence-electron chi connectivity index (χ4n) is 4.10. The highest BCUT2D eigenvalue weighted by atomic mass is 16.2. The van der Waals surface area contributed by atoms with Gasteiger partial charge in [0.05, 0.1) is 11.8 Å². The second kappa shape index (κ2) is 7.72. The van der Waals surface area contributed by atoms with E-state index in [-0.39, 0.29) is 17.7 Å². The molecule has 2 atom stereocenters. The van der Waals surface area contributed by atoms with E-state index in [0.717, 1.165) is 17.6 Å². The van der Waals surface area contributed by atoms with Gasteiger partial charge in [-0.25, -0.2) is 9.67 Å². The summed E-state index contributed by atoms with van der Waals surface area (Å²) in [5.74, 6) is 1.05. The molecule has 1 aliphatic heterocycles. The number of hydrogen-bond donors (Lipinski definition) is 1. The van der Waals surface area contributed by atoms with Gasteiger partial charge in [0.25, 0.3) is 5.91 Å². The van der Waals surface area contributed by atoms with Gasteiger partial charge in [0.1, 0.15) is 0 Å². The molecule has 146 valence electrons. The summed E-state index contributed by atoms with van der Waals surface area (Å²) in [5, 5.41) is 5.33. The van der Waals surface area contributed by atoms with Crippen LogP contribution in [0.2, 0.25) is 0 Å². The molecule has 1 aliphatic rings. The summed E-state index contributed by atoms with van der Waals surface area (Å²) in [6.45, 7) is 7.05. The van der Waals surface area contributed by atoms with E-state index in [1.807, 2.05) is 33.8 Å². The number of amides is 1. The van der Waals surface area contributed by atoms with Crippen molar-refractivity contribution in [3.63, 3.8) is 0 Å². The van der Waals surface area contributed by atoms with Gasteiger partial charge in [0.15, 0.2) is 5.65 Å². The molecular formula is C22H27N5O. The molecule has 1 aromatic carbocycles. The van der Waals surface area contributed by atoms with Crippen LogP contribution < -0.4 is 5.73 Å². The summed E-state index contributed by atoms with van der Waals surface area (Å²) in [7, 11) is 0. The van der Waals surface area contributed by atoms with Gasteiger partial charge in [-0.15, -0.1) is 0 Å². The lowest BCUT2D eigenvalue weighted by Crippen LogP contribution is -2.29. The molecule has 0 unspecified atom stereocenters. The lowest BCUT2D eigenvalue weighted by Gasteiger charge is -2.17.